The molecule has 0 radical (unpaired) electrons. The maximum atomic E-state index is 6.93. The molecule has 3 heterocycles. The van der Waals surface area contributed by atoms with Crippen LogP contribution in [0.15, 0.2) is 258 Å². The highest BCUT2D eigenvalue weighted by Crippen LogP contribution is 2.50. The van der Waals surface area contributed by atoms with Crippen molar-refractivity contribution in [3.8, 4) is 22.3 Å². The first-order valence-corrected chi connectivity index (χ1v) is 26.5. The summed E-state index contributed by atoms with van der Waals surface area (Å²) in [5.74, 6) is 0. The summed E-state index contributed by atoms with van der Waals surface area (Å²) in [5, 5.41) is 18.4. The van der Waals surface area contributed by atoms with E-state index in [4.69, 9.17) is 4.42 Å². The Morgan fingerprint density at radius 2 is 0.712 bits per heavy atom. The van der Waals surface area contributed by atoms with Crippen LogP contribution in [0.2, 0.25) is 0 Å². The Hall–Kier alpha value is -9.00. The van der Waals surface area contributed by atoms with Crippen molar-refractivity contribution in [1.82, 2.24) is 0 Å². The lowest BCUT2D eigenvalue weighted by Gasteiger charge is -2.29. The third kappa shape index (κ3) is 6.85. The van der Waals surface area contributed by atoms with Gasteiger partial charge in [0.2, 0.25) is 0 Å². The molecule has 15 aromatic rings. The Morgan fingerprint density at radius 3 is 1.19 bits per heavy atom. The lowest BCUT2D eigenvalue weighted by molar-refractivity contribution is 0.670. The van der Waals surface area contributed by atoms with Gasteiger partial charge in [-0.05, 0) is 151 Å². The summed E-state index contributed by atoms with van der Waals surface area (Å²) < 4.78 is 9.47. The van der Waals surface area contributed by atoms with Crippen LogP contribution in [0.25, 0.3) is 107 Å². The quantitative estimate of drug-likeness (QED) is 0.151. The second-order valence-corrected chi connectivity index (χ2v) is 20.7. The van der Waals surface area contributed by atoms with Gasteiger partial charge in [0.1, 0.15) is 11.2 Å². The molecule has 12 aromatic carbocycles. The average Bonchev–Trinajstić information content (AvgIpc) is 4.22. The van der Waals surface area contributed by atoms with E-state index in [0.29, 0.717) is 0 Å². The van der Waals surface area contributed by atoms with Gasteiger partial charge in [-0.2, -0.15) is 0 Å². The van der Waals surface area contributed by atoms with Crippen molar-refractivity contribution in [3.05, 3.63) is 253 Å². The number of rotatable bonds is 8. The number of furan rings is 1. The zero-order chi connectivity index (χ0) is 48.0. The molecule has 0 atom stereocenters. The molecule has 73 heavy (non-hydrogen) atoms. The zero-order valence-electron chi connectivity index (χ0n) is 39.4. The zero-order valence-corrected chi connectivity index (χ0v) is 41.0. The van der Waals surface area contributed by atoms with Gasteiger partial charge in [0.05, 0.1) is 22.7 Å². The smallest absolute Gasteiger partial charge is 0.136 e. The molecule has 0 saturated heterocycles. The molecule has 15 rings (SSSR count). The molecule has 0 aliphatic carbocycles. The van der Waals surface area contributed by atoms with Gasteiger partial charge >= 0.3 is 0 Å². The van der Waals surface area contributed by atoms with E-state index < -0.39 is 0 Å². The first kappa shape index (κ1) is 41.8. The highest BCUT2D eigenvalue weighted by Gasteiger charge is 2.24. The molecule has 5 heteroatoms. The van der Waals surface area contributed by atoms with Crippen LogP contribution in [-0.2, 0) is 0 Å². The van der Waals surface area contributed by atoms with Gasteiger partial charge in [0.15, 0.2) is 0 Å². The Labute approximate surface area is 429 Å². The van der Waals surface area contributed by atoms with Gasteiger partial charge in [-0.15, -0.1) is 22.7 Å². The summed E-state index contributed by atoms with van der Waals surface area (Å²) in [6.45, 7) is 0. The summed E-state index contributed by atoms with van der Waals surface area (Å²) in [6, 6.07) is 88.9. The third-order valence-electron chi connectivity index (χ3n) is 14.7. The van der Waals surface area contributed by atoms with Gasteiger partial charge in [0, 0.05) is 64.2 Å². The molecule has 0 spiro atoms. The van der Waals surface area contributed by atoms with Crippen LogP contribution in [0.1, 0.15) is 0 Å². The van der Waals surface area contributed by atoms with E-state index in [1.165, 1.54) is 64.0 Å². The fourth-order valence-electron chi connectivity index (χ4n) is 11.4. The van der Waals surface area contributed by atoms with Gasteiger partial charge in [0.25, 0.3) is 0 Å². The van der Waals surface area contributed by atoms with E-state index >= 15 is 0 Å². The van der Waals surface area contributed by atoms with Gasteiger partial charge in [-0.25, -0.2) is 0 Å². The number of fused-ring (bicyclic) bond motifs is 9. The molecule has 0 amide bonds. The maximum Gasteiger partial charge on any atom is 0.136 e. The number of hydrogen-bond acceptors (Lipinski definition) is 5. The highest BCUT2D eigenvalue weighted by molar-refractivity contribution is 7.17. The van der Waals surface area contributed by atoms with Gasteiger partial charge in [-0.3, -0.25) is 0 Å². The molecule has 0 aliphatic heterocycles. The monoisotopic (exact) mass is 966 g/mol. The van der Waals surface area contributed by atoms with Crippen molar-refractivity contribution in [2.24, 2.45) is 0 Å². The highest BCUT2D eigenvalue weighted by atomic mass is 32.1. The summed E-state index contributed by atoms with van der Waals surface area (Å²) in [5.41, 5.74) is 13.2. The van der Waals surface area contributed by atoms with Crippen LogP contribution in [-0.4, -0.2) is 0 Å². The molecule has 3 aromatic heterocycles. The van der Waals surface area contributed by atoms with E-state index in [9.17, 15) is 0 Å². The molecular formula is C68H42N2OS2. The Morgan fingerprint density at radius 1 is 0.274 bits per heavy atom. The minimum absolute atomic E-state index is 0.866. The third-order valence-corrected chi connectivity index (χ3v) is 16.5. The number of thiophene rings is 2. The summed E-state index contributed by atoms with van der Waals surface area (Å²) >= 11 is 3.57. The van der Waals surface area contributed by atoms with Crippen LogP contribution < -0.4 is 9.80 Å². The molecule has 0 bridgehead atoms. The first-order valence-electron chi connectivity index (χ1n) is 24.7. The second kappa shape index (κ2) is 16.8. The Balaban J connectivity index is 0.898. The van der Waals surface area contributed by atoms with Crippen LogP contribution in [0.4, 0.5) is 34.1 Å². The lowest BCUT2D eigenvalue weighted by Crippen LogP contribution is -2.12. The molecular weight excluding hydrogens is 925 g/mol. The second-order valence-electron chi connectivity index (χ2n) is 18.8. The van der Waals surface area contributed by atoms with Gasteiger partial charge in [-0.1, -0.05) is 146 Å². The maximum absolute atomic E-state index is 6.93. The van der Waals surface area contributed by atoms with E-state index in [0.717, 1.165) is 77.6 Å². The Kier molecular flexibility index (Phi) is 9.62. The number of hydrogen-bond donors (Lipinski definition) is 0. The number of benzene rings is 12. The molecule has 0 fully saturated rings. The molecule has 0 unspecified atom stereocenters. The van der Waals surface area contributed by atoms with Crippen molar-refractivity contribution in [3.63, 3.8) is 0 Å². The number of nitrogens with zero attached hydrogens (tertiary/aromatic N) is 2. The molecule has 342 valence electrons. The fraction of sp³-hybridized carbons (Fsp3) is 0. The van der Waals surface area contributed by atoms with Crippen LogP contribution in [0.3, 0.4) is 0 Å². The van der Waals surface area contributed by atoms with Crippen molar-refractivity contribution >= 4 is 142 Å². The first-order chi connectivity index (χ1) is 36.2. The van der Waals surface area contributed by atoms with Crippen molar-refractivity contribution in [1.29, 1.82) is 0 Å². The number of anilines is 6. The van der Waals surface area contributed by atoms with E-state index in [1.54, 1.807) is 22.7 Å². The summed E-state index contributed by atoms with van der Waals surface area (Å²) in [4.78, 5) is 4.91. The molecule has 0 aliphatic rings. The van der Waals surface area contributed by atoms with E-state index in [1.807, 2.05) is 0 Å². The molecule has 0 N–H and O–H groups in total. The normalized spacial score (nSPS) is 11.8. The van der Waals surface area contributed by atoms with Crippen molar-refractivity contribution in [2.45, 2.75) is 0 Å². The summed E-state index contributed by atoms with van der Waals surface area (Å²) in [7, 11) is 0. The molecule has 3 nitrogen and oxygen atoms in total. The standard InChI is InChI=1S/C68H42N2OS2/c1-3-15-45(16-4-1)67-55-33-35-72-65(55)31-29-61(67)69(59-23-11-19-43-13-7-9-21-53(43)59)51-27-25-47-39-57-58-40-48-26-28-52(38-50(48)42-64(58)71-63(57)41-49(47)37-51)70(60-24-12-20-44-14-8-10-22-54(44)60)62-30-32-66-56(34-36-73-66)68(62)46-17-5-2-6-18-46/h1-42H. The van der Waals surface area contributed by atoms with E-state index in [2.05, 4.69) is 263 Å². The van der Waals surface area contributed by atoms with Crippen molar-refractivity contribution < 1.29 is 4.42 Å². The van der Waals surface area contributed by atoms with Gasteiger partial charge < -0.3 is 14.2 Å². The van der Waals surface area contributed by atoms with Crippen LogP contribution in [0, 0.1) is 0 Å². The average molecular weight is 967 g/mol. The van der Waals surface area contributed by atoms with Crippen molar-refractivity contribution in [2.75, 3.05) is 9.80 Å². The van der Waals surface area contributed by atoms with E-state index in [-0.39, 0.29) is 0 Å². The summed E-state index contributed by atoms with van der Waals surface area (Å²) in [6.07, 6.45) is 0. The molecule has 0 saturated carbocycles. The predicted molar refractivity (Wildman–Crippen MR) is 315 cm³/mol. The van der Waals surface area contributed by atoms with Crippen LogP contribution in [0.5, 0.6) is 0 Å². The SMILES string of the molecule is c1ccc(-c2c(N(c3ccc4cc5c(cc4c3)oc3cc4cc(N(c6ccc7sccc7c6-c6ccccc6)c6cccc7ccccc67)ccc4cc35)c3cccc4ccccc34)ccc3sccc23)cc1. The predicted octanol–water partition coefficient (Wildman–Crippen LogP) is 20.9. The minimum atomic E-state index is 0.866. The topological polar surface area (TPSA) is 19.6 Å². The lowest BCUT2D eigenvalue weighted by atomic mass is 9.97. The van der Waals surface area contributed by atoms with Crippen LogP contribution >= 0.6 is 22.7 Å². The Bertz CT molecular complexity index is 4340. The largest absolute Gasteiger partial charge is 0.456 e. The minimum Gasteiger partial charge on any atom is -0.456 e. The fourth-order valence-corrected chi connectivity index (χ4v) is 13.0.